The largest absolute Gasteiger partial charge is 0.395 e. The summed E-state index contributed by atoms with van der Waals surface area (Å²) in [6.45, 7) is 9.43. The Hall–Kier alpha value is -3.60. The zero-order valence-corrected chi connectivity index (χ0v) is 23.8. The highest BCUT2D eigenvalue weighted by molar-refractivity contribution is 5.94. The molecule has 0 saturated carbocycles. The van der Waals surface area contributed by atoms with Crippen molar-refractivity contribution in [3.63, 3.8) is 0 Å². The van der Waals surface area contributed by atoms with Crippen LogP contribution in [-0.4, -0.2) is 97.8 Å². The van der Waals surface area contributed by atoms with Crippen molar-refractivity contribution in [1.82, 2.24) is 34.9 Å². The molecule has 0 radical (unpaired) electrons. The van der Waals surface area contributed by atoms with Crippen LogP contribution in [0.4, 0.5) is 4.39 Å². The second kappa shape index (κ2) is 11.7. The topological polar surface area (TPSA) is 104 Å². The summed E-state index contributed by atoms with van der Waals surface area (Å²) in [6, 6.07) is 10.7. The van der Waals surface area contributed by atoms with E-state index >= 15 is 0 Å². The number of aliphatic hydroxyl groups excluding tert-OH is 1. The van der Waals surface area contributed by atoms with Gasteiger partial charge in [0.15, 0.2) is 5.82 Å². The standard InChI is InChI=1S/C31H38FN7O2/c1-3-9-39-19-27-26(18-28(39)31(41)38-12-10-37(11-13-38)14-15-40)33-30(34-27)29-23-8-6-21(16-25(23)35-36-29)24-17-22(32)7-5-20(24)4-2/h5-8,16-17,28,40H,3-4,9-15,18-19H2,1-2H3,(H,33,34)(H,35,36)/t28-/m0/s1. The van der Waals surface area contributed by atoms with Crippen LogP contribution in [0.3, 0.4) is 0 Å². The molecule has 2 aromatic heterocycles. The molecular weight excluding hydrogens is 521 g/mol. The number of imidazole rings is 1. The molecule has 2 aromatic carbocycles. The normalized spacial score (nSPS) is 18.2. The molecule has 2 aliphatic rings. The Kier molecular flexibility index (Phi) is 7.88. The first-order chi connectivity index (χ1) is 20.0. The molecule has 1 amide bonds. The van der Waals surface area contributed by atoms with Crippen molar-refractivity contribution in [2.75, 3.05) is 45.9 Å². The van der Waals surface area contributed by atoms with Gasteiger partial charge >= 0.3 is 0 Å². The first-order valence-corrected chi connectivity index (χ1v) is 14.7. The maximum absolute atomic E-state index is 14.1. The van der Waals surface area contributed by atoms with Gasteiger partial charge in [-0.05, 0) is 60.3 Å². The highest BCUT2D eigenvalue weighted by atomic mass is 19.1. The Labute approximate surface area is 239 Å². The van der Waals surface area contributed by atoms with Crippen molar-refractivity contribution in [2.24, 2.45) is 0 Å². The minimum absolute atomic E-state index is 0.143. The highest BCUT2D eigenvalue weighted by Crippen LogP contribution is 2.33. The molecule has 3 N–H and O–H groups in total. The Bertz CT molecular complexity index is 1540. The van der Waals surface area contributed by atoms with E-state index < -0.39 is 0 Å². The van der Waals surface area contributed by atoms with Crippen LogP contribution in [0.1, 0.15) is 37.2 Å². The Morgan fingerprint density at radius 2 is 1.93 bits per heavy atom. The molecule has 1 atom stereocenters. The number of aliphatic hydroxyl groups is 1. The van der Waals surface area contributed by atoms with Gasteiger partial charge in [-0.1, -0.05) is 26.0 Å². The number of aromatic nitrogens is 4. The van der Waals surface area contributed by atoms with Crippen LogP contribution in [0, 0.1) is 5.82 Å². The second-order valence-electron chi connectivity index (χ2n) is 11.1. The van der Waals surface area contributed by atoms with Gasteiger partial charge in [0.2, 0.25) is 5.91 Å². The predicted molar refractivity (Wildman–Crippen MR) is 157 cm³/mol. The highest BCUT2D eigenvalue weighted by Gasteiger charge is 2.36. The minimum Gasteiger partial charge on any atom is -0.395 e. The number of fused-ring (bicyclic) bond motifs is 2. The number of carbonyl (C=O) groups excluding carboxylic acids is 1. The molecule has 0 bridgehead atoms. The molecule has 10 heteroatoms. The summed E-state index contributed by atoms with van der Waals surface area (Å²) >= 11 is 0. The average molecular weight is 560 g/mol. The van der Waals surface area contributed by atoms with E-state index in [2.05, 4.69) is 38.8 Å². The van der Waals surface area contributed by atoms with E-state index in [9.17, 15) is 14.3 Å². The number of hydrogen-bond acceptors (Lipinski definition) is 6. The van der Waals surface area contributed by atoms with E-state index in [1.807, 2.05) is 29.2 Å². The van der Waals surface area contributed by atoms with Gasteiger partial charge in [0, 0.05) is 51.1 Å². The number of rotatable bonds is 8. The van der Waals surface area contributed by atoms with Crippen molar-refractivity contribution < 1.29 is 14.3 Å². The van der Waals surface area contributed by atoms with Crippen LogP contribution in [0.25, 0.3) is 33.5 Å². The smallest absolute Gasteiger partial charge is 0.240 e. The first-order valence-electron chi connectivity index (χ1n) is 14.7. The summed E-state index contributed by atoms with van der Waals surface area (Å²) in [6.07, 6.45) is 2.34. The fourth-order valence-corrected chi connectivity index (χ4v) is 6.29. The third kappa shape index (κ3) is 5.39. The van der Waals surface area contributed by atoms with E-state index in [4.69, 9.17) is 4.98 Å². The lowest BCUT2D eigenvalue weighted by molar-refractivity contribution is -0.139. The van der Waals surface area contributed by atoms with Crippen molar-refractivity contribution in [3.8, 4) is 22.6 Å². The molecule has 1 saturated heterocycles. The molecule has 41 heavy (non-hydrogen) atoms. The van der Waals surface area contributed by atoms with Crippen LogP contribution in [0.2, 0.25) is 0 Å². The zero-order chi connectivity index (χ0) is 28.5. The van der Waals surface area contributed by atoms with Crippen molar-refractivity contribution in [2.45, 2.75) is 45.7 Å². The summed E-state index contributed by atoms with van der Waals surface area (Å²) in [5, 5.41) is 17.9. The number of nitrogens with one attached hydrogen (secondary N) is 2. The molecule has 216 valence electrons. The molecule has 0 spiro atoms. The van der Waals surface area contributed by atoms with Gasteiger partial charge in [-0.2, -0.15) is 5.10 Å². The summed E-state index contributed by atoms with van der Waals surface area (Å²) in [5.74, 6) is 0.608. The van der Waals surface area contributed by atoms with E-state index in [-0.39, 0.29) is 24.4 Å². The number of carbonyl (C=O) groups is 1. The maximum atomic E-state index is 14.1. The molecule has 1 fully saturated rings. The summed E-state index contributed by atoms with van der Waals surface area (Å²) in [4.78, 5) is 28.6. The average Bonchev–Trinajstić information content (AvgIpc) is 3.60. The van der Waals surface area contributed by atoms with Gasteiger partial charge in [-0.3, -0.25) is 19.7 Å². The van der Waals surface area contributed by atoms with E-state index in [1.165, 1.54) is 6.07 Å². The number of halogens is 1. The predicted octanol–water partition coefficient (Wildman–Crippen LogP) is 3.59. The molecule has 4 heterocycles. The third-order valence-corrected chi connectivity index (χ3v) is 8.50. The Morgan fingerprint density at radius 3 is 2.68 bits per heavy atom. The molecule has 9 nitrogen and oxygen atoms in total. The number of amides is 1. The molecule has 0 aliphatic carbocycles. The van der Waals surface area contributed by atoms with Crippen molar-refractivity contribution in [3.05, 3.63) is 59.2 Å². The quantitative estimate of drug-likeness (QED) is 0.305. The zero-order valence-electron chi connectivity index (χ0n) is 23.8. The van der Waals surface area contributed by atoms with Gasteiger partial charge in [0.1, 0.15) is 11.5 Å². The first kappa shape index (κ1) is 27.6. The monoisotopic (exact) mass is 559 g/mol. The van der Waals surface area contributed by atoms with Crippen LogP contribution in [-0.2, 0) is 24.2 Å². The second-order valence-corrected chi connectivity index (χ2v) is 11.1. The number of aromatic amines is 2. The van der Waals surface area contributed by atoms with Gasteiger partial charge in [-0.15, -0.1) is 0 Å². The number of nitrogens with zero attached hydrogens (tertiary/aromatic N) is 5. The van der Waals surface area contributed by atoms with E-state index in [0.717, 1.165) is 77.2 Å². The Balaban J connectivity index is 1.25. The molecule has 0 unspecified atom stereocenters. The summed E-state index contributed by atoms with van der Waals surface area (Å²) in [5.41, 5.74) is 6.48. The number of aryl methyl sites for hydroxylation is 1. The van der Waals surface area contributed by atoms with Crippen molar-refractivity contribution >= 4 is 16.8 Å². The SMILES string of the molecule is CCCN1Cc2[nH]c(-c3n[nH]c4cc(-c5cc(F)ccc5CC)ccc34)nc2C[C@H]1C(=O)N1CCN(CCO)CC1. The number of piperazine rings is 1. The van der Waals surface area contributed by atoms with Crippen LogP contribution in [0.15, 0.2) is 36.4 Å². The third-order valence-electron chi connectivity index (χ3n) is 8.50. The van der Waals surface area contributed by atoms with E-state index in [0.29, 0.717) is 38.4 Å². The molecular formula is C31H38FN7O2. The van der Waals surface area contributed by atoms with Gasteiger partial charge < -0.3 is 15.0 Å². The number of H-pyrrole nitrogens is 2. The number of β-amino-alcohol motifs (C(OH)–C–C–N with tert-alkyl or cyclic N) is 1. The lowest BCUT2D eigenvalue weighted by Gasteiger charge is -2.40. The van der Waals surface area contributed by atoms with Gasteiger partial charge in [0.05, 0.1) is 29.6 Å². The van der Waals surface area contributed by atoms with Gasteiger partial charge in [0.25, 0.3) is 0 Å². The van der Waals surface area contributed by atoms with E-state index in [1.54, 1.807) is 6.07 Å². The lowest BCUT2D eigenvalue weighted by Crippen LogP contribution is -2.56. The fourth-order valence-electron chi connectivity index (χ4n) is 6.29. The minimum atomic E-state index is -0.248. The number of benzene rings is 2. The van der Waals surface area contributed by atoms with Crippen molar-refractivity contribution in [1.29, 1.82) is 0 Å². The molecule has 6 rings (SSSR count). The molecule has 4 aromatic rings. The Morgan fingerprint density at radius 1 is 1.10 bits per heavy atom. The maximum Gasteiger partial charge on any atom is 0.240 e. The van der Waals surface area contributed by atoms with Crippen LogP contribution >= 0.6 is 0 Å². The number of hydrogen-bond donors (Lipinski definition) is 3. The van der Waals surface area contributed by atoms with Crippen LogP contribution in [0.5, 0.6) is 0 Å². The van der Waals surface area contributed by atoms with Crippen LogP contribution < -0.4 is 0 Å². The molecule has 2 aliphatic heterocycles. The summed E-state index contributed by atoms with van der Waals surface area (Å²) in [7, 11) is 0. The van der Waals surface area contributed by atoms with Gasteiger partial charge in [-0.25, -0.2) is 9.37 Å². The summed E-state index contributed by atoms with van der Waals surface area (Å²) < 4.78 is 14.1. The fraction of sp³-hybridized carbons (Fsp3) is 0.452. The lowest BCUT2D eigenvalue weighted by atomic mass is 9.97.